The van der Waals surface area contributed by atoms with Crippen molar-refractivity contribution in [3.8, 4) is 5.88 Å². The van der Waals surface area contributed by atoms with Crippen molar-refractivity contribution in [2.24, 2.45) is 5.92 Å². The zero-order valence-corrected chi connectivity index (χ0v) is 15.0. The molecule has 1 saturated heterocycles. The smallest absolute Gasteiger partial charge is 0.422 e. The molecule has 1 fully saturated rings. The molecule has 1 aromatic heterocycles. The van der Waals surface area contributed by atoms with Crippen LogP contribution in [-0.4, -0.2) is 54.8 Å². The number of hydrogen-bond donors (Lipinski definition) is 1. The molecule has 2 heterocycles. The highest BCUT2D eigenvalue weighted by Crippen LogP contribution is 2.20. The second-order valence-electron chi connectivity index (χ2n) is 6.77. The highest BCUT2D eigenvalue weighted by molar-refractivity contribution is 5.96. The zero-order valence-electron chi connectivity index (χ0n) is 15.0. The molecule has 1 aromatic rings. The van der Waals surface area contributed by atoms with Gasteiger partial charge in [-0.3, -0.25) is 4.79 Å². The second kappa shape index (κ2) is 9.75. The third-order valence-corrected chi connectivity index (χ3v) is 4.32. The van der Waals surface area contributed by atoms with Crippen molar-refractivity contribution in [1.82, 2.24) is 15.2 Å². The minimum atomic E-state index is -4.47. The molecule has 0 bridgehead atoms. The summed E-state index contributed by atoms with van der Waals surface area (Å²) in [7, 11) is 0. The molecule has 1 amide bonds. The predicted molar refractivity (Wildman–Crippen MR) is 92.2 cm³/mol. The van der Waals surface area contributed by atoms with Gasteiger partial charge in [0, 0.05) is 19.3 Å². The van der Waals surface area contributed by atoms with Gasteiger partial charge < -0.3 is 15.0 Å². The van der Waals surface area contributed by atoms with E-state index in [0.717, 1.165) is 38.4 Å². The summed E-state index contributed by atoms with van der Waals surface area (Å²) in [6.45, 7) is 4.52. The van der Waals surface area contributed by atoms with Gasteiger partial charge >= 0.3 is 6.18 Å². The lowest BCUT2D eigenvalue weighted by Gasteiger charge is -2.30. The number of aromatic nitrogens is 1. The molecular formula is C18H26F3N3O2. The maximum absolute atomic E-state index is 12.3. The molecule has 26 heavy (non-hydrogen) atoms. The number of carbonyl (C=O) groups is 1. The fourth-order valence-electron chi connectivity index (χ4n) is 3.08. The van der Waals surface area contributed by atoms with Crippen molar-refractivity contribution in [2.45, 2.75) is 38.8 Å². The van der Waals surface area contributed by atoms with E-state index in [4.69, 9.17) is 0 Å². The first kappa shape index (κ1) is 20.5. The first-order valence-corrected chi connectivity index (χ1v) is 9.00. The number of ether oxygens (including phenoxy) is 1. The summed E-state index contributed by atoms with van der Waals surface area (Å²) in [5.74, 6) is -0.0318. The Morgan fingerprint density at radius 2 is 2.23 bits per heavy atom. The topological polar surface area (TPSA) is 54.5 Å². The van der Waals surface area contributed by atoms with Crippen molar-refractivity contribution in [3.05, 3.63) is 23.9 Å². The summed E-state index contributed by atoms with van der Waals surface area (Å²) < 4.78 is 41.5. The minimum Gasteiger partial charge on any atom is -0.467 e. The molecule has 1 unspecified atom stereocenters. The Labute approximate surface area is 151 Å². The number of pyridine rings is 1. The number of alkyl halides is 3. The molecule has 1 aliphatic heterocycles. The summed E-state index contributed by atoms with van der Waals surface area (Å²) in [5.41, 5.74) is 0.0154. The summed E-state index contributed by atoms with van der Waals surface area (Å²) in [6, 6.07) is 2.90. The van der Waals surface area contributed by atoms with Crippen LogP contribution in [0.2, 0.25) is 0 Å². The van der Waals surface area contributed by atoms with Gasteiger partial charge in [0.2, 0.25) is 5.88 Å². The van der Waals surface area contributed by atoms with Gasteiger partial charge in [0.05, 0.1) is 0 Å². The van der Waals surface area contributed by atoms with Gasteiger partial charge in [0.15, 0.2) is 6.61 Å². The number of nitrogens with zero attached hydrogens (tertiary/aromatic N) is 2. The lowest BCUT2D eigenvalue weighted by Crippen LogP contribution is -2.35. The quantitative estimate of drug-likeness (QED) is 0.711. The largest absolute Gasteiger partial charge is 0.467 e. The van der Waals surface area contributed by atoms with Crippen molar-refractivity contribution in [3.63, 3.8) is 0 Å². The fraction of sp³-hybridized carbons (Fsp3) is 0.667. The van der Waals surface area contributed by atoms with Crippen molar-refractivity contribution in [1.29, 1.82) is 0 Å². The van der Waals surface area contributed by atoms with Gasteiger partial charge in [0.25, 0.3) is 5.91 Å². The van der Waals surface area contributed by atoms with Crippen molar-refractivity contribution in [2.75, 3.05) is 32.8 Å². The van der Waals surface area contributed by atoms with Gasteiger partial charge in [-0.15, -0.1) is 0 Å². The van der Waals surface area contributed by atoms with Gasteiger partial charge in [-0.05, 0) is 56.8 Å². The highest BCUT2D eigenvalue weighted by Gasteiger charge is 2.29. The summed E-state index contributed by atoms with van der Waals surface area (Å²) in [5, 5.41) is 2.72. The maximum atomic E-state index is 12.3. The number of hydrogen-bond acceptors (Lipinski definition) is 4. The Morgan fingerprint density at radius 3 is 2.96 bits per heavy atom. The highest BCUT2D eigenvalue weighted by atomic mass is 19.4. The van der Waals surface area contributed by atoms with Crippen LogP contribution in [0.3, 0.4) is 0 Å². The van der Waals surface area contributed by atoms with E-state index in [9.17, 15) is 18.0 Å². The minimum absolute atomic E-state index is 0.0154. The van der Waals surface area contributed by atoms with Crippen LogP contribution in [0.1, 0.15) is 43.0 Å². The van der Waals surface area contributed by atoms with Crippen LogP contribution in [0, 0.1) is 5.92 Å². The van der Waals surface area contributed by atoms with Gasteiger partial charge in [-0.2, -0.15) is 13.2 Å². The molecule has 1 N–H and O–H groups in total. The number of rotatable bonds is 8. The van der Waals surface area contributed by atoms with E-state index in [1.54, 1.807) is 0 Å². The van der Waals surface area contributed by atoms with Crippen LogP contribution >= 0.6 is 0 Å². The molecular weight excluding hydrogens is 347 g/mol. The first-order valence-electron chi connectivity index (χ1n) is 9.00. The molecule has 0 radical (unpaired) electrons. The summed E-state index contributed by atoms with van der Waals surface area (Å²) in [6.07, 6.45) is 1.13. The monoisotopic (exact) mass is 373 g/mol. The zero-order chi connectivity index (χ0) is 19.0. The third kappa shape index (κ3) is 7.19. The van der Waals surface area contributed by atoms with Crippen LogP contribution in [-0.2, 0) is 0 Å². The number of amides is 1. The number of unbranched alkanes of at least 4 members (excludes halogenated alkanes) is 1. The predicted octanol–water partition coefficient (Wildman–Crippen LogP) is 3.26. The Kier molecular flexibility index (Phi) is 7.68. The Balaban J connectivity index is 1.72. The van der Waals surface area contributed by atoms with E-state index in [0.29, 0.717) is 6.54 Å². The number of halogens is 3. The SMILES string of the molecule is CC1CCCN(CCCCNC(=O)c2cccnc2OCC(F)(F)F)C1. The number of nitrogens with one attached hydrogen (secondary N) is 1. The molecule has 146 valence electrons. The summed E-state index contributed by atoms with van der Waals surface area (Å²) in [4.78, 5) is 18.3. The Morgan fingerprint density at radius 1 is 1.42 bits per heavy atom. The van der Waals surface area contributed by atoms with Crippen molar-refractivity contribution < 1.29 is 22.7 Å². The van der Waals surface area contributed by atoms with E-state index in [1.807, 2.05) is 0 Å². The van der Waals surface area contributed by atoms with E-state index < -0.39 is 18.7 Å². The first-order chi connectivity index (χ1) is 12.3. The molecule has 0 aromatic carbocycles. The Bertz CT molecular complexity index is 581. The lowest BCUT2D eigenvalue weighted by molar-refractivity contribution is -0.154. The molecule has 1 aliphatic rings. The molecule has 8 heteroatoms. The molecule has 1 atom stereocenters. The van der Waals surface area contributed by atoms with E-state index in [1.165, 1.54) is 31.2 Å². The molecule has 2 rings (SSSR count). The van der Waals surface area contributed by atoms with Crippen LogP contribution < -0.4 is 10.1 Å². The molecule has 0 saturated carbocycles. The van der Waals surface area contributed by atoms with E-state index >= 15 is 0 Å². The van der Waals surface area contributed by atoms with Crippen LogP contribution in [0.4, 0.5) is 13.2 Å². The average molecular weight is 373 g/mol. The van der Waals surface area contributed by atoms with Gasteiger partial charge in [-0.1, -0.05) is 6.92 Å². The van der Waals surface area contributed by atoms with Crippen molar-refractivity contribution >= 4 is 5.91 Å². The molecule has 0 spiro atoms. The van der Waals surface area contributed by atoms with Crippen LogP contribution in [0.5, 0.6) is 5.88 Å². The van der Waals surface area contributed by atoms with E-state index in [-0.39, 0.29) is 11.4 Å². The standard InChI is InChI=1S/C18H26F3N3O2/c1-14-6-5-11-24(12-14)10-3-2-8-22-16(25)15-7-4-9-23-17(15)26-13-18(19,20)21/h4,7,9,14H,2-3,5-6,8,10-13H2,1H3,(H,22,25). The van der Waals surface area contributed by atoms with E-state index in [2.05, 4.69) is 26.9 Å². The Hall–Kier alpha value is -1.83. The van der Waals surface area contributed by atoms with Gasteiger partial charge in [0.1, 0.15) is 5.56 Å². The third-order valence-electron chi connectivity index (χ3n) is 4.32. The fourth-order valence-corrected chi connectivity index (χ4v) is 3.08. The normalized spacial score (nSPS) is 18.5. The number of piperidine rings is 1. The van der Waals surface area contributed by atoms with Crippen LogP contribution in [0.25, 0.3) is 0 Å². The lowest BCUT2D eigenvalue weighted by atomic mass is 10.0. The number of carbonyl (C=O) groups excluding carboxylic acids is 1. The average Bonchev–Trinajstić information content (AvgIpc) is 2.59. The van der Waals surface area contributed by atoms with Gasteiger partial charge in [-0.25, -0.2) is 4.98 Å². The second-order valence-corrected chi connectivity index (χ2v) is 6.77. The molecule has 5 nitrogen and oxygen atoms in total. The van der Waals surface area contributed by atoms with Crippen LogP contribution in [0.15, 0.2) is 18.3 Å². The maximum Gasteiger partial charge on any atom is 0.422 e. The molecule has 0 aliphatic carbocycles. The number of likely N-dealkylation sites (tertiary alicyclic amines) is 1. The summed E-state index contributed by atoms with van der Waals surface area (Å²) >= 11 is 0.